The number of hydrogen-bond donors (Lipinski definition) is 2. The normalized spacial score (nSPS) is 12.8. The Balaban J connectivity index is 1.94. The number of benzene rings is 2. The summed E-state index contributed by atoms with van der Waals surface area (Å²) in [6, 6.07) is 11.7. The third-order valence-electron chi connectivity index (χ3n) is 3.78. The van der Waals surface area contributed by atoms with Crippen molar-refractivity contribution in [1.29, 1.82) is 0 Å². The number of carbonyl (C=O) groups excluding carboxylic acids is 1. The fourth-order valence-corrected chi connectivity index (χ4v) is 3.51. The highest BCUT2D eigenvalue weighted by Gasteiger charge is 2.19. The van der Waals surface area contributed by atoms with Gasteiger partial charge in [0.25, 0.3) is 0 Å². The minimum atomic E-state index is -3.69. The van der Waals surface area contributed by atoms with Gasteiger partial charge in [-0.05, 0) is 54.8 Å². The highest BCUT2D eigenvalue weighted by molar-refractivity contribution is 7.89. The number of carbonyl (C=O) groups is 1. The molecular formula is C19H23NO5S. The SMILES string of the molecule is CC(COC(=O)c1ccc(O)cc1)NS(=O)(=O)c1ccc(C(C)C)cc1. The van der Waals surface area contributed by atoms with Gasteiger partial charge in [0.15, 0.2) is 0 Å². The van der Waals surface area contributed by atoms with Crippen molar-refractivity contribution >= 4 is 16.0 Å². The average molecular weight is 377 g/mol. The first kappa shape index (κ1) is 19.9. The van der Waals surface area contributed by atoms with E-state index < -0.39 is 22.0 Å². The zero-order valence-corrected chi connectivity index (χ0v) is 15.8. The van der Waals surface area contributed by atoms with Crippen LogP contribution in [0.15, 0.2) is 53.4 Å². The summed E-state index contributed by atoms with van der Waals surface area (Å²) >= 11 is 0. The van der Waals surface area contributed by atoms with Crippen molar-refractivity contribution in [2.75, 3.05) is 6.61 Å². The summed E-state index contributed by atoms with van der Waals surface area (Å²) < 4.78 is 32.4. The summed E-state index contributed by atoms with van der Waals surface area (Å²) in [4.78, 5) is 12.1. The number of rotatable bonds is 7. The second kappa shape index (κ2) is 8.33. The number of phenols is 1. The fraction of sp³-hybridized carbons (Fsp3) is 0.316. The molecule has 0 aliphatic heterocycles. The maximum Gasteiger partial charge on any atom is 0.338 e. The standard InChI is InChI=1S/C19H23NO5S/c1-13(2)15-6-10-18(11-7-15)26(23,24)20-14(3)12-25-19(22)16-4-8-17(21)9-5-16/h4-11,13-14,20-21H,12H2,1-3H3. The third kappa shape index (κ3) is 5.31. The molecule has 7 heteroatoms. The van der Waals surface area contributed by atoms with E-state index in [1.165, 1.54) is 24.3 Å². The van der Waals surface area contributed by atoms with Crippen LogP contribution in [0, 0.1) is 0 Å². The van der Waals surface area contributed by atoms with Gasteiger partial charge in [-0.3, -0.25) is 0 Å². The smallest absolute Gasteiger partial charge is 0.338 e. The molecule has 2 rings (SSSR count). The van der Waals surface area contributed by atoms with E-state index >= 15 is 0 Å². The first-order valence-electron chi connectivity index (χ1n) is 8.27. The van der Waals surface area contributed by atoms with Crippen molar-refractivity contribution in [1.82, 2.24) is 4.72 Å². The van der Waals surface area contributed by atoms with Gasteiger partial charge in [0.1, 0.15) is 12.4 Å². The molecule has 0 bridgehead atoms. The second-order valence-electron chi connectivity index (χ2n) is 6.39. The number of phenolic OH excluding ortho intramolecular Hbond substituents is 1. The number of ether oxygens (including phenoxy) is 1. The summed E-state index contributed by atoms with van der Waals surface area (Å²) in [7, 11) is -3.69. The number of hydrogen-bond acceptors (Lipinski definition) is 5. The van der Waals surface area contributed by atoms with Gasteiger partial charge < -0.3 is 9.84 Å². The molecule has 6 nitrogen and oxygen atoms in total. The van der Waals surface area contributed by atoms with Gasteiger partial charge in [0, 0.05) is 0 Å². The van der Waals surface area contributed by atoms with Crippen LogP contribution < -0.4 is 4.72 Å². The van der Waals surface area contributed by atoms with Crippen LogP contribution >= 0.6 is 0 Å². The number of aromatic hydroxyl groups is 1. The van der Waals surface area contributed by atoms with Crippen LogP contribution in [0.25, 0.3) is 0 Å². The Kier molecular flexibility index (Phi) is 6.39. The molecule has 0 aliphatic carbocycles. The third-order valence-corrected chi connectivity index (χ3v) is 5.39. The molecule has 0 amide bonds. The first-order valence-corrected chi connectivity index (χ1v) is 9.76. The molecule has 0 saturated heterocycles. The molecule has 1 atom stereocenters. The molecule has 0 spiro atoms. The Labute approximate surface area is 153 Å². The quantitative estimate of drug-likeness (QED) is 0.724. The molecule has 1 unspecified atom stereocenters. The molecule has 0 aliphatic rings. The molecule has 2 aromatic carbocycles. The molecule has 140 valence electrons. The lowest BCUT2D eigenvalue weighted by atomic mass is 10.0. The van der Waals surface area contributed by atoms with Crippen LogP contribution in [0.2, 0.25) is 0 Å². The summed E-state index contributed by atoms with van der Waals surface area (Å²) in [5, 5.41) is 9.21. The number of esters is 1. The lowest BCUT2D eigenvalue weighted by molar-refractivity contribution is 0.0481. The average Bonchev–Trinajstić information content (AvgIpc) is 2.60. The van der Waals surface area contributed by atoms with Gasteiger partial charge >= 0.3 is 5.97 Å². The fourth-order valence-electron chi connectivity index (χ4n) is 2.28. The Bertz CT molecular complexity index is 843. The lowest BCUT2D eigenvalue weighted by Gasteiger charge is -2.15. The summed E-state index contributed by atoms with van der Waals surface area (Å²) in [5.74, 6) is -0.221. The molecular weight excluding hydrogens is 354 g/mol. The van der Waals surface area contributed by atoms with Gasteiger partial charge in [-0.25, -0.2) is 17.9 Å². The Morgan fingerprint density at radius 1 is 1.04 bits per heavy atom. The van der Waals surface area contributed by atoms with E-state index in [2.05, 4.69) is 4.72 Å². The number of nitrogens with one attached hydrogen (secondary N) is 1. The topological polar surface area (TPSA) is 92.7 Å². The Morgan fingerprint density at radius 3 is 2.15 bits per heavy atom. The van der Waals surface area contributed by atoms with E-state index in [4.69, 9.17) is 4.74 Å². The molecule has 0 aromatic heterocycles. The molecule has 2 aromatic rings. The molecule has 0 radical (unpaired) electrons. The van der Waals surface area contributed by atoms with Gasteiger partial charge in [-0.15, -0.1) is 0 Å². The summed E-state index contributed by atoms with van der Waals surface area (Å²) in [5.41, 5.74) is 1.34. The Hall–Kier alpha value is -2.38. The van der Waals surface area contributed by atoms with Crippen LogP contribution in [0.3, 0.4) is 0 Å². The van der Waals surface area contributed by atoms with E-state index in [0.29, 0.717) is 5.92 Å². The van der Waals surface area contributed by atoms with Crippen molar-refractivity contribution < 1.29 is 23.1 Å². The van der Waals surface area contributed by atoms with Gasteiger partial charge in [0.05, 0.1) is 16.5 Å². The van der Waals surface area contributed by atoms with Gasteiger partial charge in [-0.1, -0.05) is 26.0 Å². The van der Waals surface area contributed by atoms with Crippen molar-refractivity contribution in [3.05, 3.63) is 59.7 Å². The predicted molar refractivity (Wildman–Crippen MR) is 98.7 cm³/mol. The van der Waals surface area contributed by atoms with E-state index in [9.17, 15) is 18.3 Å². The predicted octanol–water partition coefficient (Wildman–Crippen LogP) is 3.04. The maximum atomic E-state index is 12.4. The van der Waals surface area contributed by atoms with Crippen molar-refractivity contribution in [2.24, 2.45) is 0 Å². The number of sulfonamides is 1. The van der Waals surface area contributed by atoms with E-state index in [0.717, 1.165) is 5.56 Å². The lowest BCUT2D eigenvalue weighted by Crippen LogP contribution is -2.36. The monoisotopic (exact) mass is 377 g/mol. The van der Waals surface area contributed by atoms with E-state index in [1.807, 2.05) is 13.8 Å². The van der Waals surface area contributed by atoms with Crippen molar-refractivity contribution in [2.45, 2.75) is 37.6 Å². The molecule has 0 saturated carbocycles. The first-order chi connectivity index (χ1) is 12.2. The highest BCUT2D eigenvalue weighted by atomic mass is 32.2. The minimum Gasteiger partial charge on any atom is -0.508 e. The second-order valence-corrected chi connectivity index (χ2v) is 8.11. The zero-order chi connectivity index (χ0) is 19.3. The minimum absolute atomic E-state index is 0.0474. The van der Waals surface area contributed by atoms with E-state index in [1.54, 1.807) is 31.2 Å². The largest absolute Gasteiger partial charge is 0.508 e. The molecule has 2 N–H and O–H groups in total. The van der Waals surface area contributed by atoms with Crippen molar-refractivity contribution in [3.63, 3.8) is 0 Å². The molecule has 26 heavy (non-hydrogen) atoms. The Morgan fingerprint density at radius 2 is 1.62 bits per heavy atom. The van der Waals surface area contributed by atoms with Gasteiger partial charge in [-0.2, -0.15) is 0 Å². The van der Waals surface area contributed by atoms with Gasteiger partial charge in [0.2, 0.25) is 10.0 Å². The van der Waals surface area contributed by atoms with Crippen LogP contribution in [-0.4, -0.2) is 32.1 Å². The maximum absolute atomic E-state index is 12.4. The summed E-state index contributed by atoms with van der Waals surface area (Å²) in [6.07, 6.45) is 0. The van der Waals surface area contributed by atoms with Crippen molar-refractivity contribution in [3.8, 4) is 5.75 Å². The summed E-state index contributed by atoms with van der Waals surface area (Å²) in [6.45, 7) is 5.58. The molecule has 0 heterocycles. The zero-order valence-electron chi connectivity index (χ0n) is 15.0. The van der Waals surface area contributed by atoms with Crippen LogP contribution in [-0.2, 0) is 14.8 Å². The molecule has 0 fully saturated rings. The van der Waals surface area contributed by atoms with Crippen LogP contribution in [0.5, 0.6) is 5.75 Å². The highest BCUT2D eigenvalue weighted by Crippen LogP contribution is 2.17. The van der Waals surface area contributed by atoms with E-state index in [-0.39, 0.29) is 22.8 Å². The van der Waals surface area contributed by atoms with Crippen LogP contribution in [0.1, 0.15) is 42.6 Å². The van der Waals surface area contributed by atoms with Crippen LogP contribution in [0.4, 0.5) is 0 Å².